The van der Waals surface area contributed by atoms with Crippen molar-refractivity contribution >= 4 is 11.7 Å². The maximum absolute atomic E-state index is 11.4. The van der Waals surface area contributed by atoms with E-state index < -0.39 is 0 Å². The predicted octanol–water partition coefficient (Wildman–Crippen LogP) is 3.51. The van der Waals surface area contributed by atoms with Crippen molar-refractivity contribution in [1.29, 1.82) is 5.41 Å². The summed E-state index contributed by atoms with van der Waals surface area (Å²) in [5, 5.41) is 7.82. The number of rotatable bonds is 6. The zero-order valence-corrected chi connectivity index (χ0v) is 11.3. The second kappa shape index (κ2) is 7.05. The first-order valence-corrected chi connectivity index (χ1v) is 5.86. The number of allylic oxidation sites excluding steroid dienone is 1. The molecular weight excluding hydrogens is 214 g/mol. The number of ether oxygens (including phenoxy) is 1. The van der Waals surface area contributed by atoms with Crippen molar-refractivity contribution in [2.24, 2.45) is 5.41 Å². The molecule has 0 saturated carbocycles. The molecule has 0 aliphatic carbocycles. The van der Waals surface area contributed by atoms with Crippen LogP contribution in [0.2, 0.25) is 0 Å². The standard InChI is InChI=1S/C14H23NO2/c1-6-11(13(16)17-7-2)8-9-12(15)10-14(3,4)5/h6,8,15H,1,7,9-10H2,2-5H3/b11-8-,15-12?. The fraction of sp³-hybridized carbons (Fsp3) is 0.571. The fourth-order valence-electron chi connectivity index (χ4n) is 1.41. The highest BCUT2D eigenvalue weighted by Crippen LogP contribution is 2.20. The number of carbonyl (C=O) groups excluding carboxylic acids is 1. The zero-order valence-electron chi connectivity index (χ0n) is 11.3. The van der Waals surface area contributed by atoms with Crippen LogP contribution in [-0.4, -0.2) is 18.3 Å². The molecule has 17 heavy (non-hydrogen) atoms. The van der Waals surface area contributed by atoms with Crippen LogP contribution < -0.4 is 0 Å². The molecule has 0 aromatic carbocycles. The summed E-state index contributed by atoms with van der Waals surface area (Å²) in [6.07, 6.45) is 4.37. The lowest BCUT2D eigenvalue weighted by Gasteiger charge is -2.17. The van der Waals surface area contributed by atoms with Gasteiger partial charge in [0.2, 0.25) is 0 Å². The van der Waals surface area contributed by atoms with E-state index in [1.807, 2.05) is 0 Å². The van der Waals surface area contributed by atoms with E-state index in [1.165, 1.54) is 6.08 Å². The van der Waals surface area contributed by atoms with E-state index >= 15 is 0 Å². The summed E-state index contributed by atoms with van der Waals surface area (Å²) in [6.45, 7) is 12.0. The molecule has 96 valence electrons. The molecule has 0 rings (SSSR count). The van der Waals surface area contributed by atoms with Gasteiger partial charge in [0, 0.05) is 12.1 Å². The molecule has 0 amide bonds. The van der Waals surface area contributed by atoms with Gasteiger partial charge in [0.1, 0.15) is 0 Å². The minimum atomic E-state index is -0.369. The van der Waals surface area contributed by atoms with Crippen molar-refractivity contribution < 1.29 is 9.53 Å². The van der Waals surface area contributed by atoms with Crippen LogP contribution in [0.25, 0.3) is 0 Å². The number of esters is 1. The molecule has 0 atom stereocenters. The van der Waals surface area contributed by atoms with E-state index in [9.17, 15) is 4.79 Å². The summed E-state index contributed by atoms with van der Waals surface area (Å²) < 4.78 is 4.88. The quantitative estimate of drug-likeness (QED) is 0.332. The Morgan fingerprint density at radius 3 is 2.41 bits per heavy atom. The summed E-state index contributed by atoms with van der Waals surface area (Å²) in [5.41, 5.74) is 1.15. The minimum absolute atomic E-state index is 0.100. The number of nitrogens with one attached hydrogen (secondary N) is 1. The van der Waals surface area contributed by atoms with Crippen LogP contribution in [0.1, 0.15) is 40.5 Å². The number of hydrogen-bond acceptors (Lipinski definition) is 3. The zero-order chi connectivity index (χ0) is 13.5. The van der Waals surface area contributed by atoms with E-state index in [4.69, 9.17) is 10.1 Å². The summed E-state index contributed by atoms with van der Waals surface area (Å²) in [7, 11) is 0. The molecule has 0 heterocycles. The molecule has 0 aliphatic heterocycles. The van der Waals surface area contributed by atoms with Gasteiger partial charge >= 0.3 is 5.97 Å². The molecule has 0 fully saturated rings. The van der Waals surface area contributed by atoms with Crippen molar-refractivity contribution in [3.8, 4) is 0 Å². The van der Waals surface area contributed by atoms with Gasteiger partial charge < -0.3 is 10.1 Å². The van der Waals surface area contributed by atoms with Crippen LogP contribution in [-0.2, 0) is 9.53 Å². The Hall–Kier alpha value is -1.38. The number of hydrogen-bond donors (Lipinski definition) is 1. The van der Waals surface area contributed by atoms with Crippen molar-refractivity contribution in [2.45, 2.75) is 40.5 Å². The lowest BCUT2D eigenvalue weighted by Crippen LogP contribution is -2.12. The van der Waals surface area contributed by atoms with Gasteiger partial charge in [0.25, 0.3) is 0 Å². The van der Waals surface area contributed by atoms with Gasteiger partial charge in [-0.3, -0.25) is 0 Å². The van der Waals surface area contributed by atoms with E-state index in [2.05, 4.69) is 27.4 Å². The molecule has 1 N–H and O–H groups in total. The van der Waals surface area contributed by atoms with E-state index in [0.29, 0.717) is 24.3 Å². The topological polar surface area (TPSA) is 50.2 Å². The lowest BCUT2D eigenvalue weighted by molar-refractivity contribution is -0.138. The van der Waals surface area contributed by atoms with Crippen LogP contribution in [0.5, 0.6) is 0 Å². The summed E-state index contributed by atoms with van der Waals surface area (Å²) >= 11 is 0. The first-order chi connectivity index (χ1) is 7.80. The second-order valence-corrected chi connectivity index (χ2v) is 5.13. The summed E-state index contributed by atoms with van der Waals surface area (Å²) in [4.78, 5) is 11.4. The van der Waals surface area contributed by atoms with Crippen molar-refractivity contribution in [1.82, 2.24) is 0 Å². The third kappa shape index (κ3) is 7.50. The van der Waals surface area contributed by atoms with Gasteiger partial charge in [0.15, 0.2) is 0 Å². The Morgan fingerprint density at radius 1 is 1.41 bits per heavy atom. The average molecular weight is 237 g/mol. The lowest BCUT2D eigenvalue weighted by atomic mass is 9.88. The third-order valence-electron chi connectivity index (χ3n) is 2.04. The predicted molar refractivity (Wildman–Crippen MR) is 71.3 cm³/mol. The normalized spacial score (nSPS) is 12.1. The second-order valence-electron chi connectivity index (χ2n) is 5.13. The smallest absolute Gasteiger partial charge is 0.337 e. The highest BCUT2D eigenvalue weighted by Gasteiger charge is 2.13. The molecular formula is C14H23NO2. The fourth-order valence-corrected chi connectivity index (χ4v) is 1.41. The van der Waals surface area contributed by atoms with Crippen LogP contribution in [0, 0.1) is 10.8 Å². The molecule has 3 heteroatoms. The monoisotopic (exact) mass is 237 g/mol. The van der Waals surface area contributed by atoms with Gasteiger partial charge in [0.05, 0.1) is 12.2 Å². The minimum Gasteiger partial charge on any atom is -0.462 e. The van der Waals surface area contributed by atoms with Gasteiger partial charge in [-0.1, -0.05) is 39.5 Å². The SMILES string of the molecule is C=C/C(=C/CC(=N)CC(C)(C)C)C(=O)OCC. The van der Waals surface area contributed by atoms with Gasteiger partial charge in [-0.15, -0.1) is 0 Å². The molecule has 0 saturated heterocycles. The van der Waals surface area contributed by atoms with E-state index in [-0.39, 0.29) is 11.4 Å². The van der Waals surface area contributed by atoms with Crippen molar-refractivity contribution in [3.63, 3.8) is 0 Å². The van der Waals surface area contributed by atoms with Crippen molar-refractivity contribution in [2.75, 3.05) is 6.61 Å². The Kier molecular flexibility index (Phi) is 6.47. The van der Waals surface area contributed by atoms with Gasteiger partial charge in [-0.2, -0.15) is 0 Å². The molecule has 0 aliphatic rings. The first-order valence-electron chi connectivity index (χ1n) is 5.86. The Bertz CT molecular complexity index is 322. The third-order valence-corrected chi connectivity index (χ3v) is 2.04. The Labute approximate surface area is 104 Å². The molecule has 0 aromatic heterocycles. The maximum atomic E-state index is 11.4. The van der Waals surface area contributed by atoms with Crippen LogP contribution in [0.4, 0.5) is 0 Å². The van der Waals surface area contributed by atoms with Crippen LogP contribution in [0.15, 0.2) is 24.3 Å². The first kappa shape index (κ1) is 15.6. The molecule has 0 unspecified atom stereocenters. The van der Waals surface area contributed by atoms with Crippen LogP contribution in [0.3, 0.4) is 0 Å². The van der Waals surface area contributed by atoms with Gasteiger partial charge in [-0.05, 0) is 18.8 Å². The molecule has 0 radical (unpaired) electrons. The highest BCUT2D eigenvalue weighted by atomic mass is 16.5. The molecule has 0 bridgehead atoms. The Balaban J connectivity index is 4.42. The molecule has 3 nitrogen and oxygen atoms in total. The summed E-state index contributed by atoms with van der Waals surface area (Å²) in [6, 6.07) is 0. The number of carbonyl (C=O) groups is 1. The van der Waals surface area contributed by atoms with E-state index in [1.54, 1.807) is 13.0 Å². The largest absolute Gasteiger partial charge is 0.462 e. The van der Waals surface area contributed by atoms with Crippen molar-refractivity contribution in [3.05, 3.63) is 24.3 Å². The summed E-state index contributed by atoms with van der Waals surface area (Å²) in [5.74, 6) is -0.369. The van der Waals surface area contributed by atoms with E-state index in [0.717, 1.165) is 6.42 Å². The highest BCUT2D eigenvalue weighted by molar-refractivity contribution is 5.93. The maximum Gasteiger partial charge on any atom is 0.337 e. The van der Waals surface area contributed by atoms with Crippen LogP contribution >= 0.6 is 0 Å². The Morgan fingerprint density at radius 2 is 2.00 bits per heavy atom. The molecule has 0 aromatic rings. The molecule has 0 spiro atoms. The average Bonchev–Trinajstić information content (AvgIpc) is 2.16. The van der Waals surface area contributed by atoms with Gasteiger partial charge in [-0.25, -0.2) is 4.79 Å².